The molecule has 0 aliphatic rings. The lowest BCUT2D eigenvalue weighted by Crippen LogP contribution is -1.94. The maximum absolute atomic E-state index is 5.92. The Balaban J connectivity index is 2.71. The summed E-state index contributed by atoms with van der Waals surface area (Å²) in [4.78, 5) is 3.17. The predicted octanol–water partition coefficient (Wildman–Crippen LogP) is 2.29. The van der Waals surface area contributed by atoms with Crippen LogP contribution in [0.25, 0.3) is 10.9 Å². The summed E-state index contributed by atoms with van der Waals surface area (Å²) in [6.07, 6.45) is 0. The van der Waals surface area contributed by atoms with E-state index in [-0.39, 0.29) is 0 Å². The summed E-state index contributed by atoms with van der Waals surface area (Å²) in [6, 6.07) is 5.63. The molecule has 14 heavy (non-hydrogen) atoms. The number of nitrogens with two attached hydrogens (primary N) is 1. The summed E-state index contributed by atoms with van der Waals surface area (Å²) in [6.45, 7) is 0.482. The fourth-order valence-corrected chi connectivity index (χ4v) is 1.72. The van der Waals surface area contributed by atoms with Gasteiger partial charge in [0, 0.05) is 22.6 Å². The maximum Gasteiger partial charge on any atom is 0.129 e. The van der Waals surface area contributed by atoms with Crippen molar-refractivity contribution >= 4 is 22.5 Å². The van der Waals surface area contributed by atoms with Gasteiger partial charge in [-0.05, 0) is 18.2 Å². The second-order valence-corrected chi connectivity index (χ2v) is 3.50. The first-order valence-electron chi connectivity index (χ1n) is 4.30. The fourth-order valence-electron chi connectivity index (χ4n) is 1.51. The Labute approximate surface area is 86.8 Å². The number of aromatic amines is 1. The molecule has 0 aliphatic heterocycles. The molecule has 3 nitrogen and oxygen atoms in total. The van der Waals surface area contributed by atoms with Gasteiger partial charge >= 0.3 is 0 Å². The Bertz CT molecular complexity index is 464. The number of fused-ring (bicyclic) bond motifs is 1. The number of hydrogen-bond donors (Lipinski definition) is 2. The number of benzene rings is 1. The van der Waals surface area contributed by atoms with E-state index >= 15 is 0 Å². The molecule has 0 unspecified atom stereocenters. The third-order valence-electron chi connectivity index (χ3n) is 2.16. The summed E-state index contributed by atoms with van der Waals surface area (Å²) < 4.78 is 5.22. The monoisotopic (exact) mass is 210 g/mol. The minimum atomic E-state index is 0.482. The zero-order chi connectivity index (χ0) is 10.1. The number of rotatable bonds is 2. The topological polar surface area (TPSA) is 51.0 Å². The summed E-state index contributed by atoms with van der Waals surface area (Å²) in [5, 5.41) is 1.66. The van der Waals surface area contributed by atoms with Crippen molar-refractivity contribution in [3.63, 3.8) is 0 Å². The summed E-state index contributed by atoms with van der Waals surface area (Å²) in [5.41, 5.74) is 7.46. The fraction of sp³-hybridized carbons (Fsp3) is 0.200. The van der Waals surface area contributed by atoms with Gasteiger partial charge in [0.1, 0.15) is 5.75 Å². The first kappa shape index (κ1) is 9.37. The zero-order valence-electron chi connectivity index (χ0n) is 7.80. The van der Waals surface area contributed by atoms with Gasteiger partial charge in [-0.25, -0.2) is 0 Å². The molecule has 0 atom stereocenters. The highest BCUT2D eigenvalue weighted by molar-refractivity contribution is 6.31. The smallest absolute Gasteiger partial charge is 0.129 e. The average molecular weight is 211 g/mol. The van der Waals surface area contributed by atoms with Gasteiger partial charge in [0.2, 0.25) is 0 Å². The zero-order valence-corrected chi connectivity index (χ0v) is 8.56. The molecule has 0 spiro atoms. The Morgan fingerprint density at radius 3 is 2.86 bits per heavy atom. The molecule has 0 amide bonds. The van der Waals surface area contributed by atoms with E-state index in [1.54, 1.807) is 13.2 Å². The van der Waals surface area contributed by atoms with Crippen LogP contribution in [0.3, 0.4) is 0 Å². The van der Waals surface area contributed by atoms with Crippen LogP contribution in [0.4, 0.5) is 0 Å². The predicted molar refractivity (Wildman–Crippen MR) is 57.8 cm³/mol. The summed E-state index contributed by atoms with van der Waals surface area (Å²) in [5.74, 6) is 0.767. The van der Waals surface area contributed by atoms with Crippen molar-refractivity contribution in [2.24, 2.45) is 5.73 Å². The Kier molecular flexibility index (Phi) is 2.35. The molecule has 1 aromatic heterocycles. The van der Waals surface area contributed by atoms with Crippen molar-refractivity contribution in [2.45, 2.75) is 6.54 Å². The van der Waals surface area contributed by atoms with E-state index in [9.17, 15) is 0 Å². The van der Waals surface area contributed by atoms with E-state index < -0.39 is 0 Å². The minimum absolute atomic E-state index is 0.482. The van der Waals surface area contributed by atoms with Gasteiger partial charge in [0.15, 0.2) is 0 Å². The van der Waals surface area contributed by atoms with Crippen LogP contribution in [0.2, 0.25) is 5.02 Å². The molecular weight excluding hydrogens is 200 g/mol. The molecule has 4 heteroatoms. The van der Waals surface area contributed by atoms with Gasteiger partial charge in [-0.2, -0.15) is 0 Å². The van der Waals surface area contributed by atoms with Gasteiger partial charge < -0.3 is 15.5 Å². The molecule has 0 saturated heterocycles. The van der Waals surface area contributed by atoms with Crippen molar-refractivity contribution in [3.8, 4) is 5.75 Å². The van der Waals surface area contributed by atoms with E-state index in [0.717, 1.165) is 22.3 Å². The third kappa shape index (κ3) is 1.45. The number of H-pyrrole nitrogens is 1. The highest BCUT2D eigenvalue weighted by Gasteiger charge is 2.06. The Hall–Kier alpha value is -1.19. The van der Waals surface area contributed by atoms with Crippen molar-refractivity contribution < 1.29 is 4.74 Å². The van der Waals surface area contributed by atoms with Crippen molar-refractivity contribution in [2.75, 3.05) is 7.11 Å². The van der Waals surface area contributed by atoms with Crippen LogP contribution in [0.5, 0.6) is 5.75 Å². The first-order chi connectivity index (χ1) is 6.74. The van der Waals surface area contributed by atoms with Crippen LogP contribution >= 0.6 is 11.6 Å². The largest absolute Gasteiger partial charge is 0.496 e. The van der Waals surface area contributed by atoms with E-state index in [4.69, 9.17) is 22.1 Å². The lowest BCUT2D eigenvalue weighted by molar-refractivity contribution is 0.420. The molecule has 1 heterocycles. The Morgan fingerprint density at radius 1 is 1.43 bits per heavy atom. The number of methoxy groups -OCH3 is 1. The molecule has 0 saturated carbocycles. The van der Waals surface area contributed by atoms with Crippen LogP contribution < -0.4 is 10.5 Å². The number of aromatic nitrogens is 1. The first-order valence-corrected chi connectivity index (χ1v) is 4.67. The molecule has 1 aromatic carbocycles. The molecule has 0 bridgehead atoms. The van der Waals surface area contributed by atoms with E-state index in [2.05, 4.69) is 4.98 Å². The molecule has 0 fully saturated rings. The lowest BCUT2D eigenvalue weighted by atomic mass is 10.2. The minimum Gasteiger partial charge on any atom is -0.496 e. The van der Waals surface area contributed by atoms with Crippen LogP contribution in [0.1, 0.15) is 5.69 Å². The van der Waals surface area contributed by atoms with Crippen LogP contribution in [-0.2, 0) is 6.54 Å². The van der Waals surface area contributed by atoms with Crippen LogP contribution in [0, 0.1) is 0 Å². The normalized spacial score (nSPS) is 10.8. The van der Waals surface area contributed by atoms with Gasteiger partial charge in [0.25, 0.3) is 0 Å². The molecule has 0 radical (unpaired) electrons. The average Bonchev–Trinajstić information content (AvgIpc) is 2.59. The number of nitrogens with one attached hydrogen (secondary N) is 1. The number of hydrogen-bond acceptors (Lipinski definition) is 2. The van der Waals surface area contributed by atoms with Gasteiger partial charge in [0.05, 0.1) is 12.6 Å². The summed E-state index contributed by atoms with van der Waals surface area (Å²) in [7, 11) is 1.63. The van der Waals surface area contributed by atoms with Crippen molar-refractivity contribution in [1.29, 1.82) is 0 Å². The maximum atomic E-state index is 5.92. The van der Waals surface area contributed by atoms with Gasteiger partial charge in [-0.15, -0.1) is 0 Å². The van der Waals surface area contributed by atoms with Crippen molar-refractivity contribution in [3.05, 3.63) is 28.9 Å². The molecular formula is C10H11ClN2O. The number of ether oxygens (including phenoxy) is 1. The highest BCUT2D eigenvalue weighted by atomic mass is 35.5. The van der Waals surface area contributed by atoms with Crippen LogP contribution in [0.15, 0.2) is 18.2 Å². The van der Waals surface area contributed by atoms with Gasteiger partial charge in [-0.3, -0.25) is 0 Å². The van der Waals surface area contributed by atoms with E-state index in [1.165, 1.54) is 0 Å². The number of halogens is 1. The summed E-state index contributed by atoms with van der Waals surface area (Å²) >= 11 is 5.92. The molecule has 3 N–H and O–H groups in total. The lowest BCUT2D eigenvalue weighted by Gasteiger charge is -2.01. The van der Waals surface area contributed by atoms with Crippen LogP contribution in [-0.4, -0.2) is 12.1 Å². The third-order valence-corrected chi connectivity index (χ3v) is 2.38. The Morgan fingerprint density at radius 2 is 2.21 bits per heavy atom. The SMILES string of the molecule is COc1cc(Cl)cc2[nH]c(CN)cc12. The second kappa shape index (κ2) is 3.52. The van der Waals surface area contributed by atoms with Crippen molar-refractivity contribution in [1.82, 2.24) is 4.98 Å². The molecule has 2 aromatic rings. The standard InChI is InChI=1S/C10H11ClN2O/c1-14-10-3-6(11)2-9-8(10)4-7(5-12)13-9/h2-4,13H,5,12H2,1H3. The quantitative estimate of drug-likeness (QED) is 0.799. The van der Waals surface area contributed by atoms with E-state index in [1.807, 2.05) is 12.1 Å². The molecule has 74 valence electrons. The van der Waals surface area contributed by atoms with Gasteiger partial charge in [-0.1, -0.05) is 11.6 Å². The second-order valence-electron chi connectivity index (χ2n) is 3.07. The molecule has 2 rings (SSSR count). The molecule has 0 aliphatic carbocycles. The van der Waals surface area contributed by atoms with E-state index in [0.29, 0.717) is 11.6 Å². The highest BCUT2D eigenvalue weighted by Crippen LogP contribution is 2.30.